The van der Waals surface area contributed by atoms with Gasteiger partial charge in [0.05, 0.1) is 6.42 Å². The quantitative estimate of drug-likeness (QED) is 0.844. The van der Waals surface area contributed by atoms with Crippen molar-refractivity contribution in [1.82, 2.24) is 9.80 Å². The lowest BCUT2D eigenvalue weighted by Crippen LogP contribution is -2.60. The number of fused-ring (bicyclic) bond motifs is 2. The predicted molar refractivity (Wildman–Crippen MR) is 83.2 cm³/mol. The minimum atomic E-state index is -0.662. The smallest absolute Gasteiger partial charge is 0.304 e. The zero-order valence-corrected chi connectivity index (χ0v) is 13.5. The molecule has 1 N–H and O–H groups in total. The van der Waals surface area contributed by atoms with Gasteiger partial charge in [0.2, 0.25) is 0 Å². The number of aliphatic carboxylic acids is 1. The van der Waals surface area contributed by atoms with Gasteiger partial charge in [-0.15, -0.1) is 0 Å². The molecule has 1 saturated carbocycles. The van der Waals surface area contributed by atoms with Crippen LogP contribution < -0.4 is 0 Å². The summed E-state index contributed by atoms with van der Waals surface area (Å²) >= 11 is 0. The van der Waals surface area contributed by atoms with E-state index < -0.39 is 5.97 Å². The normalized spacial score (nSPS) is 37.5. The van der Waals surface area contributed by atoms with E-state index >= 15 is 0 Å². The van der Waals surface area contributed by atoms with Crippen molar-refractivity contribution in [2.75, 3.05) is 32.7 Å². The summed E-state index contributed by atoms with van der Waals surface area (Å²) in [5, 5.41) is 8.86. The highest BCUT2D eigenvalue weighted by atomic mass is 16.4. The first-order chi connectivity index (χ1) is 10.0. The molecular formula is C17H30N2O2. The first kappa shape index (κ1) is 15.3. The fraction of sp³-hybridized carbons (Fsp3) is 0.941. The Labute approximate surface area is 128 Å². The predicted octanol–water partition coefficient (Wildman–Crippen LogP) is 2.15. The van der Waals surface area contributed by atoms with Crippen molar-refractivity contribution in [3.8, 4) is 0 Å². The largest absolute Gasteiger partial charge is 0.481 e. The number of hydrogen-bond acceptors (Lipinski definition) is 3. The van der Waals surface area contributed by atoms with Gasteiger partial charge in [-0.25, -0.2) is 0 Å². The number of piperidine rings is 3. The number of rotatable bonds is 5. The Bertz CT molecular complexity index is 373. The highest BCUT2D eigenvalue weighted by Gasteiger charge is 2.50. The number of carbonyl (C=O) groups is 1. The van der Waals surface area contributed by atoms with E-state index in [2.05, 4.69) is 23.6 Å². The average Bonchev–Trinajstić information content (AvgIpc) is 2.45. The molecule has 0 spiro atoms. The van der Waals surface area contributed by atoms with Crippen molar-refractivity contribution in [1.29, 1.82) is 0 Å². The van der Waals surface area contributed by atoms with Gasteiger partial charge in [-0.05, 0) is 63.3 Å². The Kier molecular flexibility index (Phi) is 4.55. The van der Waals surface area contributed by atoms with Gasteiger partial charge >= 0.3 is 5.97 Å². The van der Waals surface area contributed by atoms with Crippen LogP contribution in [0.15, 0.2) is 0 Å². The molecule has 4 aliphatic rings. The molecule has 3 aliphatic heterocycles. The molecule has 120 valence electrons. The summed E-state index contributed by atoms with van der Waals surface area (Å²) in [4.78, 5) is 15.8. The molecule has 4 nitrogen and oxygen atoms in total. The van der Waals surface area contributed by atoms with Crippen LogP contribution in [-0.4, -0.2) is 59.6 Å². The van der Waals surface area contributed by atoms with Gasteiger partial charge in [0.25, 0.3) is 0 Å². The van der Waals surface area contributed by atoms with Gasteiger partial charge in [0.1, 0.15) is 0 Å². The zero-order valence-electron chi connectivity index (χ0n) is 13.5. The Hall–Kier alpha value is -0.610. The van der Waals surface area contributed by atoms with Crippen molar-refractivity contribution in [2.45, 2.75) is 45.6 Å². The molecule has 0 amide bonds. The van der Waals surface area contributed by atoms with Crippen LogP contribution in [0.3, 0.4) is 0 Å². The minimum absolute atomic E-state index is 0.297. The standard InChI is InChI=1S/C17H30N2O2/c1-12(2)19-10-14-8-15(11-19)17(14)13-4-3-6-18(9-13)7-5-16(20)21/h12-15,17H,3-11H2,1-2H3,(H,20,21). The highest BCUT2D eigenvalue weighted by molar-refractivity contribution is 5.66. The molecule has 4 fully saturated rings. The molecule has 21 heavy (non-hydrogen) atoms. The van der Waals surface area contributed by atoms with E-state index in [1.54, 1.807) is 0 Å². The van der Waals surface area contributed by atoms with Gasteiger partial charge in [-0.1, -0.05) is 0 Å². The monoisotopic (exact) mass is 294 g/mol. The molecule has 3 heterocycles. The van der Waals surface area contributed by atoms with Crippen LogP contribution in [0.4, 0.5) is 0 Å². The second kappa shape index (κ2) is 6.25. The first-order valence-electron chi connectivity index (χ1n) is 8.72. The maximum atomic E-state index is 10.8. The van der Waals surface area contributed by atoms with Crippen LogP contribution in [-0.2, 0) is 4.79 Å². The number of hydrogen-bond donors (Lipinski definition) is 1. The van der Waals surface area contributed by atoms with E-state index in [1.165, 1.54) is 32.4 Å². The molecule has 4 heteroatoms. The molecule has 3 unspecified atom stereocenters. The fourth-order valence-corrected chi connectivity index (χ4v) is 5.02. The molecule has 4 rings (SSSR count). The molecule has 3 atom stereocenters. The van der Waals surface area contributed by atoms with Gasteiger partial charge in [-0.3, -0.25) is 4.79 Å². The lowest BCUT2D eigenvalue weighted by molar-refractivity contribution is -0.137. The van der Waals surface area contributed by atoms with Crippen molar-refractivity contribution < 1.29 is 9.90 Å². The molecular weight excluding hydrogens is 264 g/mol. The number of carboxylic acids is 1. The van der Waals surface area contributed by atoms with E-state index in [0.717, 1.165) is 43.3 Å². The topological polar surface area (TPSA) is 43.8 Å². The van der Waals surface area contributed by atoms with Crippen LogP contribution in [0.5, 0.6) is 0 Å². The van der Waals surface area contributed by atoms with E-state index in [0.29, 0.717) is 12.5 Å². The first-order valence-corrected chi connectivity index (χ1v) is 8.72. The average molecular weight is 294 g/mol. The SMILES string of the molecule is CC(C)N1CC2CC(C1)C2C1CCCN(CCC(=O)O)C1. The number of nitrogens with zero attached hydrogens (tertiary/aromatic N) is 2. The van der Waals surface area contributed by atoms with Crippen molar-refractivity contribution in [2.24, 2.45) is 23.7 Å². The highest BCUT2D eigenvalue weighted by Crippen LogP contribution is 2.51. The van der Waals surface area contributed by atoms with E-state index in [9.17, 15) is 4.79 Å². The Balaban J connectivity index is 1.52. The third-order valence-corrected chi connectivity index (χ3v) is 6.09. The Morgan fingerprint density at radius 3 is 2.52 bits per heavy atom. The summed E-state index contributed by atoms with van der Waals surface area (Å²) in [7, 11) is 0. The van der Waals surface area contributed by atoms with Crippen LogP contribution in [0, 0.1) is 23.7 Å². The van der Waals surface area contributed by atoms with Crippen molar-refractivity contribution in [3.63, 3.8) is 0 Å². The molecule has 3 saturated heterocycles. The van der Waals surface area contributed by atoms with Crippen LogP contribution in [0.1, 0.15) is 39.5 Å². The molecule has 0 aromatic heterocycles. The maximum Gasteiger partial charge on any atom is 0.304 e. The maximum absolute atomic E-state index is 10.8. The zero-order chi connectivity index (χ0) is 15.0. The van der Waals surface area contributed by atoms with Gasteiger partial charge < -0.3 is 14.9 Å². The Morgan fingerprint density at radius 2 is 1.90 bits per heavy atom. The summed E-state index contributed by atoms with van der Waals surface area (Å²) in [6.07, 6.45) is 4.36. The van der Waals surface area contributed by atoms with E-state index in [4.69, 9.17) is 5.11 Å². The van der Waals surface area contributed by atoms with Crippen molar-refractivity contribution in [3.05, 3.63) is 0 Å². The van der Waals surface area contributed by atoms with Gasteiger partial charge in [0, 0.05) is 32.2 Å². The van der Waals surface area contributed by atoms with Crippen LogP contribution in [0.2, 0.25) is 0 Å². The lowest BCUT2D eigenvalue weighted by atomic mass is 9.55. The van der Waals surface area contributed by atoms with Crippen molar-refractivity contribution >= 4 is 5.97 Å². The fourth-order valence-electron chi connectivity index (χ4n) is 5.02. The van der Waals surface area contributed by atoms with Crippen LogP contribution >= 0.6 is 0 Å². The summed E-state index contributed by atoms with van der Waals surface area (Å²) in [5.41, 5.74) is 0. The summed E-state index contributed by atoms with van der Waals surface area (Å²) in [6.45, 7) is 10.2. The summed E-state index contributed by atoms with van der Waals surface area (Å²) in [6, 6.07) is 0.690. The van der Waals surface area contributed by atoms with E-state index in [-0.39, 0.29) is 0 Å². The summed E-state index contributed by atoms with van der Waals surface area (Å²) in [5.74, 6) is 2.91. The lowest BCUT2D eigenvalue weighted by Gasteiger charge is -2.58. The number of carboxylic acid groups (broad SMARTS) is 1. The molecule has 1 aliphatic carbocycles. The molecule has 0 aromatic carbocycles. The Morgan fingerprint density at radius 1 is 1.19 bits per heavy atom. The second-order valence-electron chi connectivity index (χ2n) is 7.73. The van der Waals surface area contributed by atoms with Crippen LogP contribution in [0.25, 0.3) is 0 Å². The molecule has 2 bridgehead atoms. The summed E-state index contributed by atoms with van der Waals surface area (Å²) < 4.78 is 0. The number of likely N-dealkylation sites (tertiary alicyclic amines) is 1. The third kappa shape index (κ3) is 3.26. The minimum Gasteiger partial charge on any atom is -0.481 e. The molecule has 0 aromatic rings. The third-order valence-electron chi connectivity index (χ3n) is 6.09. The van der Waals surface area contributed by atoms with E-state index in [1.807, 2.05) is 0 Å². The van der Waals surface area contributed by atoms with Gasteiger partial charge in [0.15, 0.2) is 0 Å². The molecule has 0 radical (unpaired) electrons. The second-order valence-corrected chi connectivity index (χ2v) is 7.73. The van der Waals surface area contributed by atoms with Gasteiger partial charge in [-0.2, -0.15) is 0 Å².